The van der Waals surface area contributed by atoms with Crippen LogP contribution in [0.1, 0.15) is 11.1 Å². The molecule has 19 heavy (non-hydrogen) atoms. The van der Waals surface area contributed by atoms with Gasteiger partial charge in [0.25, 0.3) is 0 Å². The van der Waals surface area contributed by atoms with Gasteiger partial charge in [-0.1, -0.05) is 17.7 Å². The van der Waals surface area contributed by atoms with Gasteiger partial charge < -0.3 is 10.6 Å². The van der Waals surface area contributed by atoms with Crippen LogP contribution in [0.25, 0.3) is 0 Å². The van der Waals surface area contributed by atoms with E-state index in [0.29, 0.717) is 12.6 Å². The summed E-state index contributed by atoms with van der Waals surface area (Å²) < 4.78 is 0. The summed E-state index contributed by atoms with van der Waals surface area (Å²) >= 11 is 0. The SMILES string of the molecule is Cc1ccc(NC(=O)CN(C)C2CNC2)c(C)c1.Cl. The number of benzene rings is 1. The normalized spacial score (nSPS) is 14.7. The minimum absolute atomic E-state index is 0. The van der Waals surface area contributed by atoms with Crippen LogP contribution in [0.4, 0.5) is 5.69 Å². The van der Waals surface area contributed by atoms with Gasteiger partial charge in [-0.3, -0.25) is 9.69 Å². The summed E-state index contributed by atoms with van der Waals surface area (Å²) in [6.45, 7) is 6.47. The third kappa shape index (κ3) is 4.20. The lowest BCUT2D eigenvalue weighted by Crippen LogP contribution is -2.57. The Morgan fingerprint density at radius 1 is 1.42 bits per heavy atom. The molecule has 0 bridgehead atoms. The fourth-order valence-corrected chi connectivity index (χ4v) is 2.08. The molecule has 2 N–H and O–H groups in total. The van der Waals surface area contributed by atoms with E-state index in [1.165, 1.54) is 5.56 Å². The Bertz CT molecular complexity index is 446. The first kappa shape index (κ1) is 16.0. The minimum Gasteiger partial charge on any atom is -0.325 e. The van der Waals surface area contributed by atoms with Crippen LogP contribution in [-0.2, 0) is 4.79 Å². The fourth-order valence-electron chi connectivity index (χ4n) is 2.08. The van der Waals surface area contributed by atoms with Gasteiger partial charge in [-0.15, -0.1) is 12.4 Å². The third-order valence-electron chi connectivity index (χ3n) is 3.43. The molecular formula is C14H22ClN3O. The largest absolute Gasteiger partial charge is 0.325 e. The lowest BCUT2D eigenvalue weighted by Gasteiger charge is -2.35. The van der Waals surface area contributed by atoms with Gasteiger partial charge in [-0.25, -0.2) is 0 Å². The molecule has 1 amide bonds. The Balaban J connectivity index is 0.00000180. The van der Waals surface area contributed by atoms with Crippen LogP contribution in [0.5, 0.6) is 0 Å². The van der Waals surface area contributed by atoms with Gasteiger partial charge >= 0.3 is 0 Å². The van der Waals surface area contributed by atoms with Crippen LogP contribution in [0.2, 0.25) is 0 Å². The highest BCUT2D eigenvalue weighted by Crippen LogP contribution is 2.16. The van der Waals surface area contributed by atoms with E-state index in [2.05, 4.69) is 28.5 Å². The predicted molar refractivity (Wildman–Crippen MR) is 81.1 cm³/mol. The second kappa shape index (κ2) is 6.89. The van der Waals surface area contributed by atoms with Gasteiger partial charge in [0.1, 0.15) is 0 Å². The summed E-state index contributed by atoms with van der Waals surface area (Å²) in [5, 5.41) is 6.18. The molecule has 0 radical (unpaired) electrons. The molecule has 5 heteroatoms. The van der Waals surface area contributed by atoms with E-state index in [0.717, 1.165) is 24.3 Å². The highest BCUT2D eigenvalue weighted by Gasteiger charge is 2.22. The molecule has 106 valence electrons. The second-order valence-electron chi connectivity index (χ2n) is 5.09. The van der Waals surface area contributed by atoms with Crippen molar-refractivity contribution in [2.75, 3.05) is 32.0 Å². The maximum Gasteiger partial charge on any atom is 0.238 e. The average Bonchev–Trinajstić information content (AvgIpc) is 2.19. The summed E-state index contributed by atoms with van der Waals surface area (Å²) in [4.78, 5) is 14.0. The molecule has 0 spiro atoms. The highest BCUT2D eigenvalue weighted by molar-refractivity contribution is 5.93. The van der Waals surface area contributed by atoms with Crippen molar-refractivity contribution < 1.29 is 4.79 Å². The molecule has 0 aromatic heterocycles. The number of carbonyl (C=O) groups is 1. The van der Waals surface area contributed by atoms with Gasteiger partial charge in [0.15, 0.2) is 0 Å². The summed E-state index contributed by atoms with van der Waals surface area (Å²) in [6, 6.07) is 6.56. The van der Waals surface area contributed by atoms with Crippen LogP contribution in [0.3, 0.4) is 0 Å². The van der Waals surface area contributed by atoms with E-state index in [-0.39, 0.29) is 18.3 Å². The topological polar surface area (TPSA) is 44.4 Å². The molecule has 1 fully saturated rings. The number of nitrogens with one attached hydrogen (secondary N) is 2. The molecule has 0 aliphatic carbocycles. The van der Waals surface area contributed by atoms with E-state index < -0.39 is 0 Å². The lowest BCUT2D eigenvalue weighted by molar-refractivity contribution is -0.117. The molecular weight excluding hydrogens is 262 g/mol. The van der Waals surface area contributed by atoms with E-state index in [1.54, 1.807) is 0 Å². The Hall–Kier alpha value is -1.10. The highest BCUT2D eigenvalue weighted by atomic mass is 35.5. The molecule has 2 rings (SSSR count). The van der Waals surface area contributed by atoms with Gasteiger partial charge in [0.05, 0.1) is 6.54 Å². The summed E-state index contributed by atoms with van der Waals surface area (Å²) in [5.74, 6) is 0.0522. The van der Waals surface area contributed by atoms with Gasteiger partial charge in [-0.2, -0.15) is 0 Å². The zero-order chi connectivity index (χ0) is 13.1. The first-order valence-corrected chi connectivity index (χ1v) is 6.34. The monoisotopic (exact) mass is 283 g/mol. The number of aryl methyl sites for hydroxylation is 2. The zero-order valence-electron chi connectivity index (χ0n) is 11.7. The number of amides is 1. The first-order valence-electron chi connectivity index (χ1n) is 6.34. The number of nitrogens with zero attached hydrogens (tertiary/aromatic N) is 1. The van der Waals surface area contributed by atoms with Crippen LogP contribution < -0.4 is 10.6 Å². The van der Waals surface area contributed by atoms with Crippen molar-refractivity contribution in [1.82, 2.24) is 10.2 Å². The van der Waals surface area contributed by atoms with Crippen molar-refractivity contribution in [3.63, 3.8) is 0 Å². The average molecular weight is 284 g/mol. The molecule has 0 unspecified atom stereocenters. The Morgan fingerprint density at radius 3 is 2.63 bits per heavy atom. The Morgan fingerprint density at radius 2 is 2.11 bits per heavy atom. The minimum atomic E-state index is 0. The molecule has 1 aromatic carbocycles. The van der Waals surface area contributed by atoms with E-state index in [1.807, 2.05) is 26.1 Å². The fraction of sp³-hybridized carbons (Fsp3) is 0.500. The number of hydrogen-bond donors (Lipinski definition) is 2. The molecule has 4 nitrogen and oxygen atoms in total. The molecule has 1 aliphatic rings. The molecule has 1 saturated heterocycles. The molecule has 1 aromatic rings. The summed E-state index contributed by atoms with van der Waals surface area (Å²) in [7, 11) is 1.99. The number of likely N-dealkylation sites (N-methyl/N-ethyl adjacent to an activating group) is 1. The number of rotatable bonds is 4. The van der Waals surface area contributed by atoms with Crippen LogP contribution in [0, 0.1) is 13.8 Å². The van der Waals surface area contributed by atoms with Gasteiger partial charge in [-0.05, 0) is 32.5 Å². The number of anilines is 1. The van der Waals surface area contributed by atoms with E-state index in [9.17, 15) is 4.79 Å². The number of halogens is 1. The van der Waals surface area contributed by atoms with Crippen molar-refractivity contribution in [1.29, 1.82) is 0 Å². The molecule has 1 heterocycles. The van der Waals surface area contributed by atoms with Crippen molar-refractivity contribution in [2.45, 2.75) is 19.9 Å². The van der Waals surface area contributed by atoms with Gasteiger partial charge in [0.2, 0.25) is 5.91 Å². The quantitative estimate of drug-likeness (QED) is 0.882. The van der Waals surface area contributed by atoms with Gasteiger partial charge in [0, 0.05) is 24.8 Å². The summed E-state index contributed by atoms with van der Waals surface area (Å²) in [5.41, 5.74) is 3.23. The lowest BCUT2D eigenvalue weighted by atomic mass is 10.1. The number of carbonyl (C=O) groups excluding carboxylic acids is 1. The van der Waals surface area contributed by atoms with Crippen molar-refractivity contribution in [3.8, 4) is 0 Å². The molecule has 0 saturated carbocycles. The maximum atomic E-state index is 11.9. The number of hydrogen-bond acceptors (Lipinski definition) is 3. The summed E-state index contributed by atoms with van der Waals surface area (Å²) in [6.07, 6.45) is 0. The van der Waals surface area contributed by atoms with Crippen LogP contribution in [0.15, 0.2) is 18.2 Å². The predicted octanol–water partition coefficient (Wildman–Crippen LogP) is 1.57. The third-order valence-corrected chi connectivity index (χ3v) is 3.43. The standard InChI is InChI=1S/C14H21N3O.ClH/c1-10-4-5-13(11(2)6-10)16-14(18)9-17(3)12-7-15-8-12;/h4-6,12,15H,7-9H2,1-3H3,(H,16,18);1H. The molecule has 0 atom stereocenters. The molecule has 1 aliphatic heterocycles. The van der Waals surface area contributed by atoms with Crippen LogP contribution >= 0.6 is 12.4 Å². The smallest absolute Gasteiger partial charge is 0.238 e. The Labute approximate surface area is 121 Å². The maximum absolute atomic E-state index is 11.9. The van der Waals surface area contributed by atoms with Crippen LogP contribution in [-0.4, -0.2) is 43.5 Å². The Kier molecular flexibility index (Phi) is 5.79. The van der Waals surface area contributed by atoms with Crippen molar-refractivity contribution >= 4 is 24.0 Å². The van der Waals surface area contributed by atoms with E-state index in [4.69, 9.17) is 0 Å². The first-order chi connectivity index (χ1) is 8.56. The second-order valence-corrected chi connectivity index (χ2v) is 5.09. The van der Waals surface area contributed by atoms with Crippen molar-refractivity contribution in [3.05, 3.63) is 29.3 Å². The van der Waals surface area contributed by atoms with Crippen molar-refractivity contribution in [2.24, 2.45) is 0 Å². The van der Waals surface area contributed by atoms with E-state index >= 15 is 0 Å². The zero-order valence-corrected chi connectivity index (χ0v) is 12.5.